The van der Waals surface area contributed by atoms with Crippen molar-refractivity contribution in [2.45, 2.75) is 19.8 Å². The molecule has 0 unspecified atom stereocenters. The summed E-state index contributed by atoms with van der Waals surface area (Å²) >= 11 is 13.9. The topological polar surface area (TPSA) is 43.1 Å². The Kier molecular flexibility index (Phi) is 3.43. The minimum atomic E-state index is 0.520. The molecular formula is C12H10Cl2N4S. The molecule has 0 N–H and O–H groups in total. The Morgan fingerprint density at radius 1 is 1.21 bits per heavy atom. The molecule has 0 atom stereocenters. The van der Waals surface area contributed by atoms with E-state index in [1.807, 2.05) is 18.2 Å². The van der Waals surface area contributed by atoms with Crippen molar-refractivity contribution in [2.24, 2.45) is 0 Å². The van der Waals surface area contributed by atoms with E-state index in [9.17, 15) is 0 Å². The van der Waals surface area contributed by atoms with Crippen LogP contribution in [-0.2, 0) is 12.8 Å². The van der Waals surface area contributed by atoms with Crippen LogP contribution in [0.1, 0.15) is 23.3 Å². The lowest BCUT2D eigenvalue weighted by molar-refractivity contribution is 0.826. The lowest BCUT2D eigenvalue weighted by Gasteiger charge is -2.04. The number of benzene rings is 1. The van der Waals surface area contributed by atoms with E-state index in [1.54, 1.807) is 15.9 Å². The molecule has 1 aromatic carbocycles. The van der Waals surface area contributed by atoms with Crippen LogP contribution in [0.3, 0.4) is 0 Å². The van der Waals surface area contributed by atoms with Crippen molar-refractivity contribution in [3.63, 3.8) is 0 Å². The van der Waals surface area contributed by atoms with Crippen molar-refractivity contribution in [3.8, 4) is 0 Å². The second-order valence-corrected chi connectivity index (χ2v) is 5.89. The molecule has 2 heterocycles. The van der Waals surface area contributed by atoms with E-state index in [4.69, 9.17) is 23.2 Å². The van der Waals surface area contributed by atoms with Crippen molar-refractivity contribution < 1.29 is 0 Å². The van der Waals surface area contributed by atoms with Gasteiger partial charge in [0.15, 0.2) is 5.82 Å². The van der Waals surface area contributed by atoms with Gasteiger partial charge in [0, 0.05) is 16.5 Å². The predicted molar refractivity (Wildman–Crippen MR) is 77.3 cm³/mol. The average Bonchev–Trinajstić information content (AvgIpc) is 2.94. The van der Waals surface area contributed by atoms with Crippen LogP contribution < -0.4 is 0 Å². The molecule has 7 heteroatoms. The summed E-state index contributed by atoms with van der Waals surface area (Å²) in [6, 6.07) is 5.46. The maximum Gasteiger partial charge on any atom is 0.234 e. The summed E-state index contributed by atoms with van der Waals surface area (Å²) in [5.41, 5.74) is 0.853. The molecule has 0 bridgehead atoms. The summed E-state index contributed by atoms with van der Waals surface area (Å²) in [5.74, 6) is 0.751. The third kappa shape index (κ3) is 2.33. The van der Waals surface area contributed by atoms with Crippen LogP contribution in [0.5, 0.6) is 0 Å². The van der Waals surface area contributed by atoms with Gasteiger partial charge in [-0.05, 0) is 24.1 Å². The van der Waals surface area contributed by atoms with Gasteiger partial charge in [-0.1, -0.05) is 47.5 Å². The van der Waals surface area contributed by atoms with Crippen LogP contribution >= 0.6 is 34.5 Å². The summed E-state index contributed by atoms with van der Waals surface area (Å²) in [6.45, 7) is 2.07. The van der Waals surface area contributed by atoms with Gasteiger partial charge in [0.1, 0.15) is 5.01 Å². The molecule has 0 amide bonds. The number of hydrogen-bond donors (Lipinski definition) is 0. The van der Waals surface area contributed by atoms with Crippen LogP contribution in [0.4, 0.5) is 0 Å². The van der Waals surface area contributed by atoms with E-state index in [2.05, 4.69) is 22.2 Å². The first-order valence-corrected chi connectivity index (χ1v) is 7.39. The molecule has 3 rings (SSSR count). The summed E-state index contributed by atoms with van der Waals surface area (Å²) in [5, 5.41) is 15.1. The van der Waals surface area contributed by atoms with Gasteiger partial charge in [-0.15, -0.1) is 10.2 Å². The highest BCUT2D eigenvalue weighted by atomic mass is 35.5. The van der Waals surface area contributed by atoms with E-state index >= 15 is 0 Å². The fourth-order valence-corrected chi connectivity index (χ4v) is 3.13. The molecule has 0 saturated carbocycles. The van der Waals surface area contributed by atoms with Crippen molar-refractivity contribution >= 4 is 39.5 Å². The van der Waals surface area contributed by atoms with Gasteiger partial charge < -0.3 is 0 Å². The second kappa shape index (κ2) is 5.07. The number of aromatic nitrogens is 4. The second-order valence-electron chi connectivity index (χ2n) is 4.04. The third-order valence-electron chi connectivity index (χ3n) is 2.80. The maximum atomic E-state index is 6.17. The lowest BCUT2D eigenvalue weighted by atomic mass is 10.1. The molecule has 3 aromatic rings. The first-order chi connectivity index (χ1) is 9.19. The van der Waals surface area contributed by atoms with E-state index in [0.29, 0.717) is 16.5 Å². The van der Waals surface area contributed by atoms with Crippen molar-refractivity contribution in [2.75, 3.05) is 0 Å². The zero-order chi connectivity index (χ0) is 13.4. The van der Waals surface area contributed by atoms with Gasteiger partial charge in [-0.2, -0.15) is 9.61 Å². The number of aryl methyl sites for hydroxylation is 1. The number of hydrogen-bond acceptors (Lipinski definition) is 4. The molecule has 0 saturated heterocycles. The van der Waals surface area contributed by atoms with Gasteiger partial charge >= 0.3 is 0 Å². The monoisotopic (exact) mass is 312 g/mol. The Morgan fingerprint density at radius 3 is 2.63 bits per heavy atom. The lowest BCUT2D eigenvalue weighted by Crippen LogP contribution is -1.99. The fourth-order valence-electron chi connectivity index (χ4n) is 1.81. The predicted octanol–water partition coefficient (Wildman–Crippen LogP) is 3.65. The van der Waals surface area contributed by atoms with E-state index in [1.165, 1.54) is 0 Å². The van der Waals surface area contributed by atoms with Crippen LogP contribution in [0.25, 0.3) is 4.96 Å². The Balaban J connectivity index is 2.03. The van der Waals surface area contributed by atoms with Crippen LogP contribution in [0, 0.1) is 0 Å². The SMILES string of the molecule is CCc1nn2c(Cc3c(Cl)cccc3Cl)nnc2s1. The van der Waals surface area contributed by atoms with E-state index in [0.717, 1.165) is 27.8 Å². The fraction of sp³-hybridized carbons (Fsp3) is 0.250. The average molecular weight is 313 g/mol. The summed E-state index contributed by atoms with van der Waals surface area (Å²) in [7, 11) is 0. The van der Waals surface area contributed by atoms with Crippen molar-refractivity contribution in [3.05, 3.63) is 44.6 Å². The zero-order valence-corrected chi connectivity index (χ0v) is 12.4. The van der Waals surface area contributed by atoms with E-state index < -0.39 is 0 Å². The molecule has 0 aliphatic carbocycles. The Hall–Kier alpha value is -1.17. The molecule has 0 fully saturated rings. The van der Waals surface area contributed by atoms with Gasteiger partial charge in [-0.25, -0.2) is 0 Å². The highest BCUT2D eigenvalue weighted by Crippen LogP contribution is 2.27. The van der Waals surface area contributed by atoms with Crippen LogP contribution in [0.2, 0.25) is 10.0 Å². The summed E-state index contributed by atoms with van der Waals surface area (Å²) in [4.78, 5) is 0.801. The third-order valence-corrected chi connectivity index (χ3v) is 4.55. The number of rotatable bonds is 3. The molecule has 98 valence electrons. The van der Waals surface area contributed by atoms with Gasteiger partial charge in [0.25, 0.3) is 0 Å². The molecular weight excluding hydrogens is 303 g/mol. The zero-order valence-electron chi connectivity index (χ0n) is 10.1. The molecule has 19 heavy (non-hydrogen) atoms. The Morgan fingerprint density at radius 2 is 1.95 bits per heavy atom. The first-order valence-electron chi connectivity index (χ1n) is 5.82. The summed E-state index contributed by atoms with van der Waals surface area (Å²) in [6.07, 6.45) is 1.41. The number of halogens is 2. The maximum absolute atomic E-state index is 6.17. The highest BCUT2D eigenvalue weighted by molar-refractivity contribution is 7.16. The van der Waals surface area contributed by atoms with Gasteiger partial charge in [0.2, 0.25) is 4.96 Å². The first kappa shape index (κ1) is 12.8. The van der Waals surface area contributed by atoms with E-state index in [-0.39, 0.29) is 0 Å². The molecule has 0 aliphatic heterocycles. The smallest absolute Gasteiger partial charge is 0.187 e. The number of fused-ring (bicyclic) bond motifs is 1. The highest BCUT2D eigenvalue weighted by Gasteiger charge is 2.14. The van der Waals surface area contributed by atoms with Gasteiger partial charge in [0.05, 0.1) is 0 Å². The van der Waals surface area contributed by atoms with Crippen LogP contribution in [-0.4, -0.2) is 19.8 Å². The van der Waals surface area contributed by atoms with Gasteiger partial charge in [-0.3, -0.25) is 0 Å². The largest absolute Gasteiger partial charge is 0.234 e. The molecule has 0 spiro atoms. The standard InChI is InChI=1S/C12H10Cl2N4S/c1-2-11-17-18-10(15-16-12(18)19-11)6-7-8(13)4-3-5-9(7)14/h3-5H,2,6H2,1H3. The Labute approximate surface area is 124 Å². The minimum Gasteiger partial charge on any atom is -0.187 e. The summed E-state index contributed by atoms with van der Waals surface area (Å²) < 4.78 is 1.77. The quantitative estimate of drug-likeness (QED) is 0.741. The minimum absolute atomic E-state index is 0.520. The molecule has 0 aliphatic rings. The molecule has 0 radical (unpaired) electrons. The molecule has 2 aromatic heterocycles. The van der Waals surface area contributed by atoms with Crippen molar-refractivity contribution in [1.82, 2.24) is 19.8 Å². The number of nitrogens with zero attached hydrogens (tertiary/aromatic N) is 4. The molecule has 4 nitrogen and oxygen atoms in total. The van der Waals surface area contributed by atoms with Crippen LogP contribution in [0.15, 0.2) is 18.2 Å². The Bertz CT molecular complexity index is 714. The normalized spacial score (nSPS) is 11.3. The van der Waals surface area contributed by atoms with Crippen molar-refractivity contribution in [1.29, 1.82) is 0 Å².